The average molecular weight is 1540 g/mol. The minimum atomic E-state index is -4.71. The molecule has 45 heteroatoms. The first kappa shape index (κ1) is 86.1. The first-order chi connectivity index (χ1) is 47.1. The number of carbonyl (C=O) groups excluding carboxylic acids is 5. The van der Waals surface area contributed by atoms with Crippen molar-refractivity contribution in [3.63, 3.8) is 0 Å². The minimum Gasteiger partial charge on any atom is -0.778 e. The lowest BCUT2D eigenvalue weighted by molar-refractivity contribution is -0.193. The maximum absolute atomic E-state index is 14.5. The number of alkyl halides is 7. The molecule has 5 aromatic rings. The van der Waals surface area contributed by atoms with Crippen molar-refractivity contribution in [2.24, 2.45) is 0 Å². The summed E-state index contributed by atoms with van der Waals surface area (Å²) in [5.41, 5.74) is -0.0423. The molecule has 1 atom stereocenters. The molecule has 1 aliphatic carbocycles. The van der Waals surface area contributed by atoms with Crippen molar-refractivity contribution in [1.82, 2.24) is 39.7 Å². The molecule has 3 aromatic carbocycles. The number of esters is 1. The highest BCUT2D eigenvalue weighted by Crippen LogP contribution is 2.40. The fraction of sp³-hybridized carbons (Fsp3) is 0.393. The molecule has 556 valence electrons. The first-order valence-corrected chi connectivity index (χ1v) is 36.1. The number of anilines is 3. The summed E-state index contributed by atoms with van der Waals surface area (Å²) in [6.07, 6.45) is 5.08. The van der Waals surface area contributed by atoms with E-state index in [4.69, 9.17) is 40.9 Å². The topological polar surface area (TPSA) is 463 Å². The third-order valence-electron chi connectivity index (χ3n) is 11.8. The number of benzene rings is 3. The van der Waals surface area contributed by atoms with Gasteiger partial charge in [-0.05, 0) is 86.2 Å². The zero-order valence-electron chi connectivity index (χ0n) is 53.6. The zero-order chi connectivity index (χ0) is 76.2. The summed E-state index contributed by atoms with van der Waals surface area (Å²) in [6.45, 7) is -3.86. The van der Waals surface area contributed by atoms with Gasteiger partial charge in [-0.1, -0.05) is 61.7 Å². The number of aryl methyl sites for hydroxylation is 2. The largest absolute Gasteiger partial charge is 0.778 e. The van der Waals surface area contributed by atoms with E-state index in [-0.39, 0.29) is 39.8 Å². The lowest BCUT2D eigenvalue weighted by Gasteiger charge is -2.18. The molecule has 32 nitrogen and oxygen atoms in total. The number of sulfonamides is 2. The molecule has 0 spiro atoms. The zero-order valence-corrected chi connectivity index (χ0v) is 57.7. The maximum Gasteiger partial charge on any atom is 0.389 e. The number of aliphatic carboxylic acids is 1. The van der Waals surface area contributed by atoms with E-state index >= 15 is 0 Å². The van der Waals surface area contributed by atoms with Crippen molar-refractivity contribution in [3.8, 4) is 23.5 Å². The number of carboxylic acid groups (broad SMARTS) is 2. The Hall–Kier alpha value is -9.13. The van der Waals surface area contributed by atoms with Gasteiger partial charge in [0.1, 0.15) is 29.9 Å². The fourth-order valence-corrected chi connectivity index (χ4v) is 10.8. The van der Waals surface area contributed by atoms with Crippen LogP contribution in [-0.4, -0.2) is 170 Å². The van der Waals surface area contributed by atoms with Crippen LogP contribution in [0.25, 0.3) is 0 Å². The van der Waals surface area contributed by atoms with E-state index in [1.165, 1.54) is 55.2 Å². The van der Waals surface area contributed by atoms with Gasteiger partial charge in [0.25, 0.3) is 31.9 Å². The average Bonchev–Trinajstić information content (AvgIpc) is 1.62. The number of urea groups is 2. The van der Waals surface area contributed by atoms with E-state index in [0.717, 1.165) is 61.3 Å². The Bertz CT molecular complexity index is 4000. The summed E-state index contributed by atoms with van der Waals surface area (Å²) in [5.74, 6) is -8.08. The molecule has 0 saturated carbocycles. The first-order valence-electron chi connectivity index (χ1n) is 28.6. The predicted octanol–water partition coefficient (Wildman–Crippen LogP) is 7.07. The van der Waals surface area contributed by atoms with Crippen LogP contribution < -0.4 is 54.1 Å². The van der Waals surface area contributed by atoms with Crippen molar-refractivity contribution in [2.45, 2.75) is 101 Å². The van der Waals surface area contributed by atoms with Crippen LogP contribution in [0.5, 0.6) is 23.5 Å². The number of aromatic carboxylic acids is 1. The van der Waals surface area contributed by atoms with Crippen LogP contribution in [0, 0.1) is 12.7 Å². The number of carbonyl (C=O) groups is 7. The summed E-state index contributed by atoms with van der Waals surface area (Å²) >= 11 is 6.02. The molecule has 0 fully saturated rings. The third kappa shape index (κ3) is 31.1. The predicted molar refractivity (Wildman–Crippen MR) is 340 cm³/mol. The Morgan fingerprint density at radius 2 is 1.30 bits per heavy atom. The molecule has 3 heterocycles. The standard InChI is InChI=1S/C21H23ClFNO5.C15H16F3N5O4S.C14H10F4N4O7S.C3H8NO5P.C3H9S/c1-2-3-6-9-28-19(25)12-29-18-11-17(16(23)10-15(18)22)24-20(26)13-7-4-5-8-14(13)21(24)27;1-9-19-12(22-14(20-9)27-2)21-13(24)23-28(25,26)11-6-4-3-5-10(11)7-8-15(16,17)18;15-11(16)28-8-5-9(29-12(17)18)20-13(19-8)21-14(25)22-30(26,27)7-4-2-1-3-6(7)10(23)24;5-3(6)1-4-2-10(7,8)9;1-4(2)3/h10-11H,2-9,12H2,1H3;3-6H,7-8H2,1-2H3,(H2,19,20,21,22,23,24);1-5,11-12H,(H,23,24)(H2,19,20,21,22,25);4H,1-2H2,(H,5,6)(H2,7,8,9);1-3H3/q;;;;+1/p-1. The summed E-state index contributed by atoms with van der Waals surface area (Å²) in [4.78, 5) is 118. The number of hydrogen-bond acceptors (Lipinski definition) is 24. The SMILES string of the molecule is CCCCCOC(=O)COc1cc(N2C(=O)C3=C(CCCC3)C2=O)c(F)cc1Cl.COc1nc(C)nc(NC(=O)NS(=O)(=O)c2ccccc2CCC(F)(F)F)n1.C[S+](C)C.O=C(Nc1nc(OC(F)F)cc(OC(F)F)n1)NS(=O)(=O)c1ccccc1C(=O)O.O=C(O)CNCP(=O)([O-])O. The smallest absolute Gasteiger partial charge is 0.389 e. The van der Waals surface area contributed by atoms with Crippen molar-refractivity contribution in [2.75, 3.05) is 67.5 Å². The molecule has 2 aliphatic rings. The number of carboxylic acids is 2. The Balaban J connectivity index is 0.000000359. The molecule has 1 unspecified atom stereocenters. The highest BCUT2D eigenvalue weighted by molar-refractivity contribution is 7.94. The molecular weight excluding hydrogens is 1480 g/mol. The molecular formula is C56H65ClF8N11O21PS3. The van der Waals surface area contributed by atoms with Gasteiger partial charge in [-0.25, -0.2) is 54.7 Å². The second kappa shape index (κ2) is 40.3. The second-order valence-electron chi connectivity index (χ2n) is 20.4. The Morgan fingerprint density at radius 1 is 0.782 bits per heavy atom. The molecule has 8 N–H and O–H groups in total. The Labute approximate surface area is 577 Å². The van der Waals surface area contributed by atoms with E-state index < -0.39 is 160 Å². The molecule has 7 rings (SSSR count). The number of halogens is 9. The van der Waals surface area contributed by atoms with Gasteiger partial charge in [-0.2, -0.15) is 55.7 Å². The minimum absolute atomic E-state index is 0.000883. The highest BCUT2D eigenvalue weighted by Gasteiger charge is 2.41. The molecule has 0 radical (unpaired) electrons. The van der Waals surface area contributed by atoms with Crippen molar-refractivity contribution >= 4 is 110 Å². The quantitative estimate of drug-likeness (QED) is 0.00684. The molecule has 2 aromatic heterocycles. The van der Waals surface area contributed by atoms with Crippen LogP contribution in [0.3, 0.4) is 0 Å². The van der Waals surface area contributed by atoms with E-state index in [2.05, 4.69) is 58.5 Å². The van der Waals surface area contributed by atoms with Gasteiger partial charge in [-0.15, -0.1) is 0 Å². The number of amides is 6. The van der Waals surface area contributed by atoms with Crippen LogP contribution in [0.1, 0.15) is 80.0 Å². The fourth-order valence-electron chi connectivity index (χ4n) is 7.88. The number of ether oxygens (including phenoxy) is 5. The van der Waals surface area contributed by atoms with Crippen LogP contribution in [0.4, 0.5) is 62.3 Å². The van der Waals surface area contributed by atoms with Crippen molar-refractivity contribution in [1.29, 1.82) is 0 Å². The van der Waals surface area contributed by atoms with Gasteiger partial charge in [-0.3, -0.25) is 30.3 Å². The molecule has 101 heavy (non-hydrogen) atoms. The lowest BCUT2D eigenvalue weighted by atomic mass is 9.93. The normalized spacial score (nSPS) is 13.2. The van der Waals surface area contributed by atoms with Crippen LogP contribution >= 0.6 is 19.2 Å². The summed E-state index contributed by atoms with van der Waals surface area (Å²) in [5, 5.41) is 22.7. The number of nitrogens with one attached hydrogen (secondary N) is 5. The number of aromatic nitrogens is 5. The molecule has 0 bridgehead atoms. The van der Waals surface area contributed by atoms with Gasteiger partial charge in [0.15, 0.2) is 6.61 Å². The monoisotopic (exact) mass is 1540 g/mol. The van der Waals surface area contributed by atoms with Gasteiger partial charge < -0.3 is 48.2 Å². The van der Waals surface area contributed by atoms with Gasteiger partial charge in [0, 0.05) is 23.6 Å². The third-order valence-corrected chi connectivity index (χ3v) is 15.6. The molecule has 1 aliphatic heterocycles. The van der Waals surface area contributed by atoms with E-state index in [1.807, 2.05) is 12.2 Å². The van der Waals surface area contributed by atoms with Crippen molar-refractivity contribution in [3.05, 3.63) is 106 Å². The molecule has 0 saturated heterocycles. The maximum atomic E-state index is 14.5. The number of rotatable bonds is 26. The van der Waals surface area contributed by atoms with Crippen LogP contribution in [-0.2, 0) is 65.8 Å². The Morgan fingerprint density at radius 3 is 1.79 bits per heavy atom. The number of nitrogens with zero attached hydrogens (tertiary/aromatic N) is 6. The van der Waals surface area contributed by atoms with Gasteiger partial charge in [0.2, 0.25) is 23.7 Å². The Kier molecular flexibility index (Phi) is 34.4. The van der Waals surface area contributed by atoms with Gasteiger partial charge in [0.05, 0.1) is 72.5 Å². The van der Waals surface area contributed by atoms with E-state index in [1.54, 1.807) is 10.0 Å². The number of methoxy groups -OCH3 is 1. The number of unbranched alkanes of at least 4 members (excludes halogenated alkanes) is 2. The summed E-state index contributed by atoms with van der Waals surface area (Å²) in [6, 6.07) is 9.18. The van der Waals surface area contributed by atoms with E-state index in [0.29, 0.717) is 47.6 Å². The number of hydrogen-bond donors (Lipinski definition) is 8. The second-order valence-corrected chi connectivity index (χ2v) is 28.1. The van der Waals surface area contributed by atoms with Crippen LogP contribution in [0.2, 0.25) is 5.02 Å². The van der Waals surface area contributed by atoms with Gasteiger partial charge >= 0.3 is 55.4 Å². The summed E-state index contributed by atoms with van der Waals surface area (Å²) < 4.78 is 187. The summed E-state index contributed by atoms with van der Waals surface area (Å²) in [7, 11) is -11.6. The lowest BCUT2D eigenvalue weighted by Crippen LogP contribution is -2.35. The van der Waals surface area contributed by atoms with Crippen molar-refractivity contribution < 1.29 is 134 Å². The number of imide groups is 1. The highest BCUT2D eigenvalue weighted by atomic mass is 35.5. The molecule has 6 amide bonds. The van der Waals surface area contributed by atoms with E-state index in [9.17, 15) is 95.0 Å². The van der Waals surface area contributed by atoms with Crippen LogP contribution in [0.15, 0.2) is 87.7 Å².